The first-order valence-corrected chi connectivity index (χ1v) is 9.28. The van der Waals surface area contributed by atoms with Crippen molar-refractivity contribution in [2.45, 2.75) is 45.8 Å². The van der Waals surface area contributed by atoms with Crippen LogP contribution in [0.3, 0.4) is 0 Å². The van der Waals surface area contributed by atoms with Crippen LogP contribution in [0.4, 0.5) is 0 Å². The Morgan fingerprint density at radius 2 is 2.04 bits per heavy atom. The number of guanidine groups is 1. The molecule has 1 aromatic carbocycles. The molecule has 1 aromatic rings. The number of piperazine rings is 1. The molecule has 0 unspecified atom stereocenters. The second kappa shape index (κ2) is 8.41. The Balaban J connectivity index is 2.08. The second-order valence-electron chi connectivity index (χ2n) is 7.71. The van der Waals surface area contributed by atoms with Gasteiger partial charge in [-0.3, -0.25) is 14.6 Å². The van der Waals surface area contributed by atoms with Gasteiger partial charge in [0.25, 0.3) is 5.91 Å². The maximum atomic E-state index is 12.7. The van der Waals surface area contributed by atoms with E-state index in [0.717, 1.165) is 5.56 Å². The molecule has 0 aromatic heterocycles. The van der Waals surface area contributed by atoms with Gasteiger partial charge in [0.15, 0.2) is 5.96 Å². The van der Waals surface area contributed by atoms with Crippen LogP contribution in [0.5, 0.6) is 0 Å². The van der Waals surface area contributed by atoms with Crippen molar-refractivity contribution in [2.24, 2.45) is 4.99 Å². The average molecular weight is 374 g/mol. The minimum atomic E-state index is -0.278. The minimum Gasteiger partial charge on any atom is -0.355 e. The summed E-state index contributed by atoms with van der Waals surface area (Å²) in [5.74, 6) is 0.675. The van der Waals surface area contributed by atoms with E-state index in [4.69, 9.17) is 0 Å². The highest BCUT2D eigenvalue weighted by molar-refractivity contribution is 5.94. The van der Waals surface area contributed by atoms with Gasteiger partial charge in [0.05, 0.1) is 12.1 Å². The first-order valence-electron chi connectivity index (χ1n) is 9.28. The van der Waals surface area contributed by atoms with E-state index in [2.05, 4.69) is 29.5 Å². The van der Waals surface area contributed by atoms with Crippen LogP contribution in [-0.4, -0.2) is 66.3 Å². The number of hydrogen-bond acceptors (Lipinski definition) is 3. The minimum absolute atomic E-state index is 0.103. The summed E-state index contributed by atoms with van der Waals surface area (Å²) in [6.07, 6.45) is 0. The van der Waals surface area contributed by atoms with Gasteiger partial charge in [0.1, 0.15) is 0 Å². The Hall–Kier alpha value is -2.57. The van der Waals surface area contributed by atoms with Crippen LogP contribution in [0.15, 0.2) is 29.3 Å². The van der Waals surface area contributed by atoms with E-state index in [9.17, 15) is 9.59 Å². The molecule has 0 atom stereocenters. The van der Waals surface area contributed by atoms with Crippen molar-refractivity contribution in [3.63, 3.8) is 0 Å². The molecule has 7 heteroatoms. The summed E-state index contributed by atoms with van der Waals surface area (Å²) < 4.78 is 0. The zero-order valence-electron chi connectivity index (χ0n) is 17.2. The van der Waals surface area contributed by atoms with E-state index in [1.807, 2.05) is 41.8 Å². The van der Waals surface area contributed by atoms with E-state index in [0.29, 0.717) is 31.2 Å². The lowest BCUT2D eigenvalue weighted by molar-refractivity contribution is -0.145. The number of carbonyl (C=O) groups is 2. The molecule has 1 aliphatic heterocycles. The molecule has 7 nitrogen and oxygen atoms in total. The maximum absolute atomic E-state index is 12.7. The topological polar surface area (TPSA) is 77.0 Å². The van der Waals surface area contributed by atoms with Crippen LogP contribution in [0.1, 0.15) is 43.6 Å². The lowest BCUT2D eigenvalue weighted by Crippen LogP contribution is -2.66. The Morgan fingerprint density at radius 3 is 2.59 bits per heavy atom. The van der Waals surface area contributed by atoms with E-state index >= 15 is 0 Å². The number of nitrogens with one attached hydrogen (secondary N) is 2. The Labute approximate surface area is 161 Å². The molecule has 1 aliphatic rings. The number of carbonyl (C=O) groups excluding carboxylic acids is 2. The van der Waals surface area contributed by atoms with Crippen LogP contribution in [0.25, 0.3) is 0 Å². The van der Waals surface area contributed by atoms with Crippen molar-refractivity contribution in [1.29, 1.82) is 0 Å². The molecule has 0 saturated carbocycles. The lowest BCUT2D eigenvalue weighted by Gasteiger charge is -2.49. The fourth-order valence-corrected chi connectivity index (χ4v) is 3.79. The van der Waals surface area contributed by atoms with E-state index in [1.54, 1.807) is 20.2 Å². The van der Waals surface area contributed by atoms with Crippen molar-refractivity contribution in [2.75, 3.05) is 27.2 Å². The van der Waals surface area contributed by atoms with Gasteiger partial charge >= 0.3 is 0 Å². The molecule has 0 spiro atoms. The number of hydrogen-bond donors (Lipinski definition) is 2. The average Bonchev–Trinajstić information content (AvgIpc) is 2.60. The quantitative estimate of drug-likeness (QED) is 0.619. The summed E-state index contributed by atoms with van der Waals surface area (Å²) in [5.41, 5.74) is 1.32. The maximum Gasteiger partial charge on any atom is 0.251 e. The van der Waals surface area contributed by atoms with Crippen LogP contribution >= 0.6 is 0 Å². The number of aliphatic imine (C=N–C) groups is 1. The zero-order valence-corrected chi connectivity index (χ0v) is 17.2. The molecule has 2 amide bonds. The third-order valence-electron chi connectivity index (χ3n) is 4.72. The van der Waals surface area contributed by atoms with Gasteiger partial charge in [-0.25, -0.2) is 0 Å². The molecule has 27 heavy (non-hydrogen) atoms. The zero-order chi connectivity index (χ0) is 20.2. The summed E-state index contributed by atoms with van der Waals surface area (Å²) in [4.78, 5) is 32.8. The SMILES string of the molecule is CN=C(NCc1cccc(C(=O)NC)c1)N1CC(=O)N(C(C)C)C(C)(C)C1. The number of rotatable bonds is 4. The summed E-state index contributed by atoms with van der Waals surface area (Å²) in [6.45, 7) is 9.78. The van der Waals surface area contributed by atoms with Crippen molar-refractivity contribution >= 4 is 17.8 Å². The van der Waals surface area contributed by atoms with E-state index in [1.165, 1.54) is 0 Å². The Bertz CT molecular complexity index is 727. The predicted molar refractivity (Wildman–Crippen MR) is 108 cm³/mol. The molecule has 2 rings (SSSR count). The monoisotopic (exact) mass is 373 g/mol. The smallest absolute Gasteiger partial charge is 0.251 e. The normalized spacial score (nSPS) is 17.3. The summed E-state index contributed by atoms with van der Waals surface area (Å²) >= 11 is 0. The van der Waals surface area contributed by atoms with Crippen molar-refractivity contribution in [3.8, 4) is 0 Å². The highest BCUT2D eigenvalue weighted by Crippen LogP contribution is 2.24. The van der Waals surface area contributed by atoms with Gasteiger partial charge in [-0.15, -0.1) is 0 Å². The second-order valence-corrected chi connectivity index (χ2v) is 7.71. The van der Waals surface area contributed by atoms with E-state index < -0.39 is 0 Å². The fraction of sp³-hybridized carbons (Fsp3) is 0.550. The van der Waals surface area contributed by atoms with Crippen molar-refractivity contribution in [3.05, 3.63) is 35.4 Å². The predicted octanol–water partition coefficient (Wildman–Crippen LogP) is 1.45. The largest absolute Gasteiger partial charge is 0.355 e. The molecular formula is C20H31N5O2. The van der Waals surface area contributed by atoms with Gasteiger partial charge in [-0.2, -0.15) is 0 Å². The number of benzene rings is 1. The molecule has 1 heterocycles. The standard InChI is InChI=1S/C20H31N5O2/c1-14(2)25-17(26)12-24(13-20(25,3)4)19(22-6)23-11-15-8-7-9-16(10-15)18(27)21-5/h7-10,14H,11-13H2,1-6H3,(H,21,27)(H,22,23). The molecule has 0 aliphatic carbocycles. The lowest BCUT2D eigenvalue weighted by atomic mass is 9.96. The molecular weight excluding hydrogens is 342 g/mol. The first-order chi connectivity index (χ1) is 12.7. The van der Waals surface area contributed by atoms with E-state index in [-0.39, 0.29) is 23.4 Å². The summed E-state index contributed by atoms with van der Waals surface area (Å²) in [7, 11) is 3.33. The van der Waals surface area contributed by atoms with Crippen LogP contribution in [0, 0.1) is 0 Å². The number of amides is 2. The molecule has 1 fully saturated rings. The molecule has 0 radical (unpaired) electrons. The van der Waals surface area contributed by atoms with Crippen LogP contribution in [0.2, 0.25) is 0 Å². The van der Waals surface area contributed by atoms with Gasteiger partial charge in [-0.1, -0.05) is 12.1 Å². The van der Waals surface area contributed by atoms with Gasteiger partial charge < -0.3 is 20.4 Å². The third-order valence-corrected chi connectivity index (χ3v) is 4.72. The van der Waals surface area contributed by atoms with Crippen molar-refractivity contribution in [1.82, 2.24) is 20.4 Å². The molecule has 2 N–H and O–H groups in total. The Morgan fingerprint density at radius 1 is 1.33 bits per heavy atom. The highest BCUT2D eigenvalue weighted by atomic mass is 16.2. The Kier molecular flexibility index (Phi) is 6.46. The van der Waals surface area contributed by atoms with Crippen LogP contribution in [-0.2, 0) is 11.3 Å². The van der Waals surface area contributed by atoms with Gasteiger partial charge in [-0.05, 0) is 45.4 Å². The summed E-state index contributed by atoms with van der Waals surface area (Å²) in [6, 6.07) is 7.61. The summed E-state index contributed by atoms with van der Waals surface area (Å²) in [5, 5.41) is 5.95. The molecule has 0 bridgehead atoms. The molecule has 1 saturated heterocycles. The highest BCUT2D eigenvalue weighted by Gasteiger charge is 2.40. The molecule has 148 valence electrons. The third kappa shape index (κ3) is 4.78. The first kappa shape index (κ1) is 20.7. The van der Waals surface area contributed by atoms with Gasteiger partial charge in [0.2, 0.25) is 5.91 Å². The van der Waals surface area contributed by atoms with Crippen LogP contribution < -0.4 is 10.6 Å². The van der Waals surface area contributed by atoms with Gasteiger partial charge in [0, 0.05) is 38.8 Å². The van der Waals surface area contributed by atoms with Crippen molar-refractivity contribution < 1.29 is 9.59 Å². The number of nitrogens with zero attached hydrogens (tertiary/aromatic N) is 3. The fourth-order valence-electron chi connectivity index (χ4n) is 3.79.